The monoisotopic (exact) mass is 619 g/mol. The number of hydrogen-bond donors (Lipinski definition) is 2. The van der Waals surface area contributed by atoms with Gasteiger partial charge in [-0.15, -0.1) is 0 Å². The van der Waals surface area contributed by atoms with Crippen LogP contribution in [-0.4, -0.2) is 67.6 Å². The predicted molar refractivity (Wildman–Crippen MR) is 174 cm³/mol. The molecule has 228 valence electrons. The van der Waals surface area contributed by atoms with E-state index in [0.29, 0.717) is 34.7 Å². The number of aliphatic hydroxyl groups is 1. The van der Waals surface area contributed by atoms with Crippen LogP contribution in [0.3, 0.4) is 0 Å². The highest BCUT2D eigenvalue weighted by molar-refractivity contribution is 7.16. The Balaban J connectivity index is 1.12. The van der Waals surface area contributed by atoms with Crippen LogP contribution in [-0.2, 0) is 11.2 Å². The molecule has 1 aliphatic carbocycles. The maximum Gasteiger partial charge on any atom is 0.227 e. The van der Waals surface area contributed by atoms with Crippen molar-refractivity contribution in [2.24, 2.45) is 5.92 Å². The highest BCUT2D eigenvalue weighted by Gasteiger charge is 2.46. The molecular formula is C33H33N9O2S. The van der Waals surface area contributed by atoms with E-state index in [9.17, 15) is 15.2 Å². The van der Waals surface area contributed by atoms with Gasteiger partial charge in [0.05, 0.1) is 23.8 Å². The summed E-state index contributed by atoms with van der Waals surface area (Å²) in [6.07, 6.45) is 8.03. The summed E-state index contributed by atoms with van der Waals surface area (Å²) in [6, 6.07) is 14.4. The molecule has 11 nitrogen and oxygen atoms in total. The smallest absolute Gasteiger partial charge is 0.227 e. The minimum absolute atomic E-state index is 0.00977. The Hall–Kier alpha value is -4.86. The molecule has 5 aromatic rings. The Bertz CT molecular complexity index is 1930. The number of thiazole rings is 1. The average Bonchev–Trinajstić information content (AvgIpc) is 3.50. The molecule has 5 heterocycles. The van der Waals surface area contributed by atoms with Crippen molar-refractivity contribution in [1.82, 2.24) is 29.7 Å². The first-order valence-corrected chi connectivity index (χ1v) is 15.9. The van der Waals surface area contributed by atoms with Crippen LogP contribution in [0.2, 0.25) is 0 Å². The molecule has 0 atom stereocenters. The largest absolute Gasteiger partial charge is 0.394 e. The van der Waals surface area contributed by atoms with Crippen LogP contribution < -0.4 is 15.1 Å². The fourth-order valence-corrected chi connectivity index (χ4v) is 6.50. The quantitative estimate of drug-likeness (QED) is 0.244. The van der Waals surface area contributed by atoms with Crippen LogP contribution in [0.25, 0.3) is 28.0 Å². The van der Waals surface area contributed by atoms with Crippen LogP contribution in [0, 0.1) is 24.2 Å². The molecule has 1 aliphatic heterocycles. The Morgan fingerprint density at radius 2 is 1.82 bits per heavy atom. The normalized spacial score (nSPS) is 15.5. The number of carbonyl (C=O) groups excluding carboxylic acids is 1. The molecule has 1 aromatic carbocycles. The molecule has 0 bridgehead atoms. The number of nitrogens with zero attached hydrogens (tertiary/aromatic N) is 8. The van der Waals surface area contributed by atoms with Crippen molar-refractivity contribution in [2.75, 3.05) is 36.5 Å². The second-order valence-corrected chi connectivity index (χ2v) is 12.9. The summed E-state index contributed by atoms with van der Waals surface area (Å²) < 4.78 is 2.05. The third-order valence-corrected chi connectivity index (χ3v) is 9.73. The SMILES string of the molecule is CCc1nc2ccc(-c3cnc(N4CC(C(=O)NC5(CO)CC5)C4)nc3)cn2c1N(C)c1nc(-c2ccc(C)cc2)c(C#N)s1. The van der Waals surface area contributed by atoms with Crippen molar-refractivity contribution >= 4 is 39.8 Å². The van der Waals surface area contributed by atoms with Crippen LogP contribution in [0.15, 0.2) is 55.0 Å². The van der Waals surface area contributed by atoms with Gasteiger partial charge >= 0.3 is 0 Å². The molecule has 0 radical (unpaired) electrons. The molecule has 2 aliphatic rings. The zero-order chi connectivity index (χ0) is 31.3. The van der Waals surface area contributed by atoms with Crippen molar-refractivity contribution in [2.45, 2.75) is 38.6 Å². The molecule has 1 saturated carbocycles. The molecule has 7 rings (SSSR count). The Morgan fingerprint density at radius 3 is 2.47 bits per heavy atom. The first-order chi connectivity index (χ1) is 21.8. The fraction of sp³-hybridized carbons (Fsp3) is 0.333. The standard InChI is InChI=1S/C33H33N9O2S/c1-4-25-30(40(3)32-38-28(26(13-34)45-32)21-7-5-20(2)6-8-21)42-18-22(9-10-27(42)37-25)23-14-35-31(36-15-23)41-16-24(17-41)29(44)39-33(19-43)11-12-33/h5-10,14-15,18,24,43H,4,11-12,16-17,19H2,1-3H3,(H,39,44). The van der Waals surface area contributed by atoms with Gasteiger partial charge in [0.25, 0.3) is 0 Å². The number of fused-ring (bicyclic) bond motifs is 1. The van der Waals surface area contributed by atoms with Crippen molar-refractivity contribution in [1.29, 1.82) is 5.26 Å². The molecule has 4 aromatic heterocycles. The molecular weight excluding hydrogens is 586 g/mol. The van der Waals surface area contributed by atoms with Gasteiger partial charge in [-0.2, -0.15) is 5.26 Å². The van der Waals surface area contributed by atoms with Crippen LogP contribution in [0.4, 0.5) is 16.9 Å². The highest BCUT2D eigenvalue weighted by Crippen LogP contribution is 2.38. The lowest BCUT2D eigenvalue weighted by Gasteiger charge is -2.38. The Morgan fingerprint density at radius 1 is 1.11 bits per heavy atom. The Labute approximate surface area is 264 Å². The number of aromatic nitrogens is 5. The van der Waals surface area contributed by atoms with Gasteiger partial charge in [-0.25, -0.2) is 19.9 Å². The summed E-state index contributed by atoms with van der Waals surface area (Å²) in [7, 11) is 1.96. The van der Waals surface area contributed by atoms with Crippen molar-refractivity contribution in [3.63, 3.8) is 0 Å². The topological polar surface area (TPSA) is 136 Å². The predicted octanol–water partition coefficient (Wildman–Crippen LogP) is 4.50. The zero-order valence-electron chi connectivity index (χ0n) is 25.4. The number of amides is 1. The molecule has 45 heavy (non-hydrogen) atoms. The van der Waals surface area contributed by atoms with Crippen molar-refractivity contribution < 1.29 is 9.90 Å². The van der Waals surface area contributed by atoms with Gasteiger partial charge in [-0.3, -0.25) is 9.20 Å². The third-order valence-electron chi connectivity index (χ3n) is 8.70. The van der Waals surface area contributed by atoms with Gasteiger partial charge in [0.15, 0.2) is 5.13 Å². The lowest BCUT2D eigenvalue weighted by Crippen LogP contribution is -2.56. The van der Waals surface area contributed by atoms with E-state index in [-0.39, 0.29) is 18.4 Å². The molecule has 12 heteroatoms. The van der Waals surface area contributed by atoms with Crippen molar-refractivity contribution in [3.8, 4) is 28.5 Å². The number of aryl methyl sites for hydroxylation is 2. The number of nitriles is 1. The minimum atomic E-state index is -0.400. The number of carbonyl (C=O) groups is 1. The lowest BCUT2D eigenvalue weighted by atomic mass is 9.99. The molecule has 2 N–H and O–H groups in total. The van der Waals surface area contributed by atoms with Crippen LogP contribution in [0.5, 0.6) is 0 Å². The number of pyridine rings is 1. The second kappa shape index (κ2) is 11.3. The van der Waals surface area contributed by atoms with Crippen LogP contribution >= 0.6 is 11.3 Å². The van der Waals surface area contributed by atoms with E-state index in [4.69, 9.17) is 9.97 Å². The molecule has 0 unspecified atom stereocenters. The van der Waals surface area contributed by atoms with Gasteiger partial charge in [0, 0.05) is 55.4 Å². The van der Waals surface area contributed by atoms with Gasteiger partial charge in [0.1, 0.15) is 28.1 Å². The first-order valence-electron chi connectivity index (χ1n) is 15.0. The number of nitrogens with one attached hydrogen (secondary N) is 1. The fourth-order valence-electron chi connectivity index (χ4n) is 5.65. The highest BCUT2D eigenvalue weighted by atomic mass is 32.1. The van der Waals surface area contributed by atoms with Gasteiger partial charge < -0.3 is 20.2 Å². The van der Waals surface area contributed by atoms with E-state index in [1.54, 1.807) is 12.4 Å². The van der Waals surface area contributed by atoms with Gasteiger partial charge in [-0.1, -0.05) is 48.1 Å². The average molecular weight is 620 g/mol. The number of anilines is 3. The number of benzene rings is 1. The van der Waals surface area contributed by atoms with E-state index in [1.807, 2.05) is 66.4 Å². The van der Waals surface area contributed by atoms with Gasteiger partial charge in [0.2, 0.25) is 11.9 Å². The number of rotatable bonds is 9. The Kier molecular flexibility index (Phi) is 7.22. The van der Waals surface area contributed by atoms with Crippen molar-refractivity contribution in [3.05, 3.63) is 71.1 Å². The number of imidazole rings is 1. The molecule has 0 spiro atoms. The molecule has 2 fully saturated rings. The maximum atomic E-state index is 12.5. The third kappa shape index (κ3) is 5.28. The summed E-state index contributed by atoms with van der Waals surface area (Å²) in [5, 5.41) is 23.1. The van der Waals surface area contributed by atoms with Gasteiger partial charge in [-0.05, 0) is 38.3 Å². The summed E-state index contributed by atoms with van der Waals surface area (Å²) in [5.41, 5.74) is 5.87. The lowest BCUT2D eigenvalue weighted by molar-refractivity contribution is -0.127. The molecule has 1 amide bonds. The van der Waals surface area contributed by atoms with E-state index in [0.717, 1.165) is 58.7 Å². The number of aliphatic hydroxyl groups excluding tert-OH is 1. The van der Waals surface area contributed by atoms with Crippen LogP contribution in [0.1, 0.15) is 35.9 Å². The minimum Gasteiger partial charge on any atom is -0.394 e. The molecule has 1 saturated heterocycles. The first kappa shape index (κ1) is 28.9. The second-order valence-electron chi connectivity index (χ2n) is 11.9. The maximum absolute atomic E-state index is 12.5. The summed E-state index contributed by atoms with van der Waals surface area (Å²) in [5.74, 6) is 1.34. The summed E-state index contributed by atoms with van der Waals surface area (Å²) in [4.78, 5) is 36.1. The number of hydrogen-bond acceptors (Lipinski definition) is 10. The summed E-state index contributed by atoms with van der Waals surface area (Å²) >= 11 is 1.37. The summed E-state index contributed by atoms with van der Waals surface area (Å²) in [6.45, 7) is 5.21. The van der Waals surface area contributed by atoms with E-state index in [2.05, 4.69) is 32.7 Å². The van der Waals surface area contributed by atoms with E-state index >= 15 is 0 Å². The zero-order valence-corrected chi connectivity index (χ0v) is 26.2. The van der Waals surface area contributed by atoms with E-state index < -0.39 is 5.54 Å². The van der Waals surface area contributed by atoms with E-state index in [1.165, 1.54) is 11.3 Å².